The Bertz CT molecular complexity index is 687. The summed E-state index contributed by atoms with van der Waals surface area (Å²) in [6, 6.07) is 8.12. The molecule has 2 fully saturated rings. The van der Waals surface area contributed by atoms with Gasteiger partial charge in [0.2, 0.25) is 5.91 Å². The molecule has 1 aliphatic carbocycles. The van der Waals surface area contributed by atoms with Gasteiger partial charge in [0.25, 0.3) is 0 Å². The number of furan rings is 1. The maximum absolute atomic E-state index is 13.2. The Hall–Kier alpha value is -1.63. The van der Waals surface area contributed by atoms with Crippen LogP contribution in [-0.4, -0.2) is 43.7 Å². The van der Waals surface area contributed by atoms with Gasteiger partial charge in [-0.3, -0.25) is 9.69 Å². The fraction of sp³-hybridized carbons (Fsp3) is 0.550. The third kappa shape index (κ3) is 3.46. The first-order chi connectivity index (χ1) is 12.8. The van der Waals surface area contributed by atoms with E-state index in [1.54, 1.807) is 17.6 Å². The van der Waals surface area contributed by atoms with Crippen LogP contribution >= 0.6 is 11.3 Å². The van der Waals surface area contributed by atoms with E-state index in [0.717, 1.165) is 57.7 Å². The highest BCUT2D eigenvalue weighted by Gasteiger charge is 2.43. The third-order valence-corrected chi connectivity index (χ3v) is 6.77. The summed E-state index contributed by atoms with van der Waals surface area (Å²) in [4.78, 5) is 16.8. The Balaban J connectivity index is 1.49. The molecule has 2 aromatic heterocycles. The molecule has 5 nitrogen and oxygen atoms in total. The average Bonchev–Trinajstić information content (AvgIpc) is 3.44. The summed E-state index contributed by atoms with van der Waals surface area (Å²) >= 11 is 1.70. The SMILES string of the molecule is O=C(NCC(c1ccco1)N1CCOCC1)C1(c2cccs2)CCCC1. The van der Waals surface area contributed by atoms with Crippen molar-refractivity contribution >= 4 is 17.2 Å². The fourth-order valence-electron chi connectivity index (χ4n) is 4.25. The van der Waals surface area contributed by atoms with Gasteiger partial charge in [0, 0.05) is 24.5 Å². The van der Waals surface area contributed by atoms with Gasteiger partial charge in [0.05, 0.1) is 30.9 Å². The molecule has 2 aliphatic rings. The van der Waals surface area contributed by atoms with Crippen molar-refractivity contribution in [2.75, 3.05) is 32.8 Å². The second-order valence-electron chi connectivity index (χ2n) is 7.16. The van der Waals surface area contributed by atoms with Gasteiger partial charge in [-0.25, -0.2) is 0 Å². The van der Waals surface area contributed by atoms with Gasteiger partial charge in [-0.05, 0) is 36.4 Å². The van der Waals surface area contributed by atoms with E-state index in [2.05, 4.69) is 21.7 Å². The van der Waals surface area contributed by atoms with Crippen LogP contribution in [0, 0.1) is 0 Å². The van der Waals surface area contributed by atoms with Crippen molar-refractivity contribution in [3.8, 4) is 0 Å². The lowest BCUT2D eigenvalue weighted by atomic mass is 9.83. The van der Waals surface area contributed by atoms with E-state index >= 15 is 0 Å². The van der Waals surface area contributed by atoms with Crippen molar-refractivity contribution in [1.29, 1.82) is 0 Å². The largest absolute Gasteiger partial charge is 0.468 e. The predicted molar refractivity (Wildman–Crippen MR) is 101 cm³/mol. The van der Waals surface area contributed by atoms with Crippen LogP contribution in [0.3, 0.4) is 0 Å². The highest BCUT2D eigenvalue weighted by Crippen LogP contribution is 2.43. The number of nitrogens with one attached hydrogen (secondary N) is 1. The minimum absolute atomic E-state index is 0.0552. The fourth-order valence-corrected chi connectivity index (χ4v) is 5.24. The van der Waals surface area contributed by atoms with Crippen molar-refractivity contribution in [2.24, 2.45) is 0 Å². The number of morpholine rings is 1. The van der Waals surface area contributed by atoms with Gasteiger partial charge in [-0.1, -0.05) is 18.9 Å². The van der Waals surface area contributed by atoms with E-state index in [1.807, 2.05) is 18.2 Å². The number of thiophene rings is 1. The monoisotopic (exact) mass is 374 g/mol. The van der Waals surface area contributed by atoms with Crippen LogP contribution in [0.1, 0.15) is 42.4 Å². The first-order valence-electron chi connectivity index (χ1n) is 9.47. The quantitative estimate of drug-likeness (QED) is 0.843. The number of carbonyl (C=O) groups excluding carboxylic acids is 1. The molecule has 3 heterocycles. The molecular weight excluding hydrogens is 348 g/mol. The zero-order valence-electron chi connectivity index (χ0n) is 15.0. The standard InChI is InChI=1S/C20H26N2O3S/c23-19(20(7-1-2-8-20)18-6-4-14-26-18)21-15-16(17-5-3-11-25-17)22-9-12-24-13-10-22/h3-6,11,14,16H,1-2,7-10,12-13,15H2,(H,21,23). The molecule has 4 rings (SSSR count). The number of carbonyl (C=O) groups is 1. The van der Waals surface area contributed by atoms with Crippen molar-refractivity contribution in [1.82, 2.24) is 10.2 Å². The summed E-state index contributed by atoms with van der Waals surface area (Å²) in [5.41, 5.74) is -0.340. The van der Waals surface area contributed by atoms with Crippen LogP contribution in [0.25, 0.3) is 0 Å². The Morgan fingerprint density at radius 3 is 2.69 bits per heavy atom. The molecule has 140 valence electrons. The van der Waals surface area contributed by atoms with Crippen LogP contribution in [0.4, 0.5) is 0 Å². The smallest absolute Gasteiger partial charge is 0.231 e. The maximum Gasteiger partial charge on any atom is 0.231 e. The molecule has 1 unspecified atom stereocenters. The zero-order valence-corrected chi connectivity index (χ0v) is 15.8. The first-order valence-corrected chi connectivity index (χ1v) is 10.3. The minimum Gasteiger partial charge on any atom is -0.468 e. The van der Waals surface area contributed by atoms with Crippen LogP contribution in [0.2, 0.25) is 0 Å². The second kappa shape index (κ2) is 7.94. The molecule has 1 saturated carbocycles. The van der Waals surface area contributed by atoms with Crippen molar-refractivity contribution in [3.05, 3.63) is 46.5 Å². The highest BCUT2D eigenvalue weighted by atomic mass is 32.1. The van der Waals surface area contributed by atoms with Gasteiger partial charge in [0.1, 0.15) is 5.76 Å². The molecule has 0 aromatic carbocycles. The number of amides is 1. The molecule has 0 radical (unpaired) electrons. The summed E-state index contributed by atoms with van der Waals surface area (Å²) < 4.78 is 11.2. The summed E-state index contributed by atoms with van der Waals surface area (Å²) in [5.74, 6) is 1.08. The lowest BCUT2D eigenvalue weighted by Crippen LogP contribution is -2.47. The molecule has 0 spiro atoms. The highest BCUT2D eigenvalue weighted by molar-refractivity contribution is 7.10. The van der Waals surface area contributed by atoms with Crippen LogP contribution < -0.4 is 5.32 Å². The maximum atomic E-state index is 13.2. The van der Waals surface area contributed by atoms with Crippen molar-refractivity contribution in [3.63, 3.8) is 0 Å². The Morgan fingerprint density at radius 2 is 2.04 bits per heavy atom. The molecule has 1 atom stereocenters. The summed E-state index contributed by atoms with van der Waals surface area (Å²) in [6.07, 6.45) is 5.84. The van der Waals surface area contributed by atoms with Gasteiger partial charge >= 0.3 is 0 Å². The summed E-state index contributed by atoms with van der Waals surface area (Å²) in [6.45, 7) is 3.74. The van der Waals surface area contributed by atoms with Gasteiger partial charge in [-0.2, -0.15) is 0 Å². The lowest BCUT2D eigenvalue weighted by Gasteiger charge is -2.34. The van der Waals surface area contributed by atoms with Gasteiger partial charge in [0.15, 0.2) is 0 Å². The number of hydrogen-bond donors (Lipinski definition) is 1. The normalized spacial score (nSPS) is 21.5. The molecule has 2 aromatic rings. The van der Waals surface area contributed by atoms with Crippen molar-refractivity contribution < 1.29 is 13.9 Å². The molecule has 0 bridgehead atoms. The Kier molecular flexibility index (Phi) is 5.43. The number of rotatable bonds is 6. The van der Waals surface area contributed by atoms with E-state index in [0.29, 0.717) is 6.54 Å². The molecule has 1 aliphatic heterocycles. The van der Waals surface area contributed by atoms with E-state index < -0.39 is 0 Å². The summed E-state index contributed by atoms with van der Waals surface area (Å²) in [7, 11) is 0. The van der Waals surface area contributed by atoms with Crippen LogP contribution in [-0.2, 0) is 14.9 Å². The van der Waals surface area contributed by atoms with Crippen LogP contribution in [0.15, 0.2) is 40.3 Å². The van der Waals surface area contributed by atoms with Gasteiger partial charge < -0.3 is 14.5 Å². The van der Waals surface area contributed by atoms with E-state index in [1.165, 1.54) is 4.88 Å². The number of nitrogens with zero attached hydrogens (tertiary/aromatic N) is 1. The molecule has 26 heavy (non-hydrogen) atoms. The first kappa shape index (κ1) is 17.8. The van der Waals surface area contributed by atoms with Gasteiger partial charge in [-0.15, -0.1) is 11.3 Å². The Morgan fingerprint density at radius 1 is 1.23 bits per heavy atom. The molecule has 6 heteroatoms. The molecule has 1 amide bonds. The van der Waals surface area contributed by atoms with E-state index in [4.69, 9.17) is 9.15 Å². The topological polar surface area (TPSA) is 54.7 Å². The third-order valence-electron chi connectivity index (χ3n) is 5.70. The number of hydrogen-bond acceptors (Lipinski definition) is 5. The van der Waals surface area contributed by atoms with E-state index in [9.17, 15) is 4.79 Å². The van der Waals surface area contributed by atoms with Crippen LogP contribution in [0.5, 0.6) is 0 Å². The zero-order chi connectivity index (χ0) is 17.8. The predicted octanol–water partition coefficient (Wildman–Crippen LogP) is 3.34. The lowest BCUT2D eigenvalue weighted by molar-refractivity contribution is -0.127. The number of ether oxygens (including phenoxy) is 1. The van der Waals surface area contributed by atoms with Crippen molar-refractivity contribution in [2.45, 2.75) is 37.1 Å². The average molecular weight is 375 g/mol. The minimum atomic E-state index is -0.340. The molecule has 1 saturated heterocycles. The van der Waals surface area contributed by atoms with E-state index in [-0.39, 0.29) is 17.4 Å². The molecule has 1 N–H and O–H groups in total. The molecular formula is C20H26N2O3S. The summed E-state index contributed by atoms with van der Waals surface area (Å²) in [5, 5.41) is 5.34. The second-order valence-corrected chi connectivity index (χ2v) is 8.10. The Labute approximate surface area is 158 Å².